The number of benzene rings is 2. The molecule has 1 aliphatic rings. The molecule has 1 saturated heterocycles. The van der Waals surface area contributed by atoms with E-state index in [9.17, 15) is 4.79 Å². The van der Waals surface area contributed by atoms with Gasteiger partial charge >= 0.3 is 0 Å². The third-order valence-corrected chi connectivity index (χ3v) is 6.02. The summed E-state index contributed by atoms with van der Waals surface area (Å²) < 4.78 is 7.95. The van der Waals surface area contributed by atoms with Gasteiger partial charge in [-0.3, -0.25) is 9.69 Å². The molecule has 3 heterocycles. The Labute approximate surface area is 182 Å². The van der Waals surface area contributed by atoms with Crippen molar-refractivity contribution in [2.75, 3.05) is 26.2 Å². The van der Waals surface area contributed by atoms with Crippen LogP contribution in [0.15, 0.2) is 77.2 Å². The Morgan fingerprint density at radius 2 is 1.45 bits per heavy atom. The summed E-state index contributed by atoms with van der Waals surface area (Å²) in [6, 6.07) is 24.7. The summed E-state index contributed by atoms with van der Waals surface area (Å²) in [6.45, 7) is 6.77. The maximum absolute atomic E-state index is 13.5. The van der Waals surface area contributed by atoms with Crippen LogP contribution in [0.2, 0.25) is 0 Å². The van der Waals surface area contributed by atoms with E-state index in [2.05, 4.69) is 45.9 Å². The van der Waals surface area contributed by atoms with Crippen LogP contribution in [0.25, 0.3) is 11.1 Å². The second-order valence-corrected chi connectivity index (χ2v) is 8.26. The van der Waals surface area contributed by atoms with Crippen LogP contribution in [0.1, 0.15) is 27.4 Å². The minimum atomic E-state index is 0.0827. The molecule has 0 atom stereocenters. The monoisotopic (exact) mass is 413 g/mol. The molecule has 0 saturated carbocycles. The van der Waals surface area contributed by atoms with Gasteiger partial charge in [0.1, 0.15) is 11.5 Å². The number of piperazine rings is 1. The fourth-order valence-corrected chi connectivity index (χ4v) is 4.39. The van der Waals surface area contributed by atoms with E-state index in [4.69, 9.17) is 4.42 Å². The van der Waals surface area contributed by atoms with Crippen molar-refractivity contribution in [3.05, 3.63) is 95.4 Å². The molecule has 0 bridgehead atoms. The van der Waals surface area contributed by atoms with Gasteiger partial charge in [-0.1, -0.05) is 60.7 Å². The lowest BCUT2D eigenvalue weighted by Crippen LogP contribution is -2.48. The molecule has 1 fully saturated rings. The number of rotatable bonds is 5. The lowest BCUT2D eigenvalue weighted by molar-refractivity contribution is 0.0619. The molecule has 0 N–H and O–H groups in total. The van der Waals surface area contributed by atoms with Crippen molar-refractivity contribution >= 4 is 17.0 Å². The van der Waals surface area contributed by atoms with Gasteiger partial charge in [0, 0.05) is 51.4 Å². The van der Waals surface area contributed by atoms with Crippen molar-refractivity contribution < 1.29 is 9.21 Å². The number of aryl methyl sites for hydroxylation is 1. The number of aromatic nitrogens is 1. The van der Waals surface area contributed by atoms with Crippen LogP contribution in [0.3, 0.4) is 0 Å². The highest BCUT2D eigenvalue weighted by Gasteiger charge is 2.26. The van der Waals surface area contributed by atoms with E-state index in [0.717, 1.165) is 49.6 Å². The van der Waals surface area contributed by atoms with Crippen LogP contribution < -0.4 is 0 Å². The zero-order valence-corrected chi connectivity index (χ0v) is 17.8. The van der Waals surface area contributed by atoms with E-state index in [0.29, 0.717) is 12.2 Å². The van der Waals surface area contributed by atoms with Crippen molar-refractivity contribution in [1.29, 1.82) is 0 Å². The van der Waals surface area contributed by atoms with E-state index < -0.39 is 0 Å². The van der Waals surface area contributed by atoms with Crippen molar-refractivity contribution in [3.63, 3.8) is 0 Å². The largest absolute Gasteiger partial charge is 0.460 e. The molecule has 158 valence electrons. The topological polar surface area (TPSA) is 41.6 Å². The maximum Gasteiger partial charge on any atom is 0.270 e. The van der Waals surface area contributed by atoms with E-state index in [-0.39, 0.29) is 5.91 Å². The van der Waals surface area contributed by atoms with Gasteiger partial charge in [-0.15, -0.1) is 0 Å². The van der Waals surface area contributed by atoms with E-state index in [1.165, 1.54) is 11.1 Å². The molecule has 0 radical (unpaired) electrons. The third-order valence-electron chi connectivity index (χ3n) is 6.02. The third kappa shape index (κ3) is 4.14. The van der Waals surface area contributed by atoms with Gasteiger partial charge < -0.3 is 13.9 Å². The molecular formula is C26H27N3O2. The van der Waals surface area contributed by atoms with Crippen LogP contribution in [0.5, 0.6) is 0 Å². The van der Waals surface area contributed by atoms with E-state index >= 15 is 0 Å². The van der Waals surface area contributed by atoms with E-state index in [1.807, 2.05) is 48.2 Å². The predicted octanol–water partition coefficient (Wildman–Crippen LogP) is 4.55. The molecule has 5 rings (SSSR count). The van der Waals surface area contributed by atoms with Crippen LogP contribution >= 0.6 is 0 Å². The molecule has 0 spiro atoms. The number of furan rings is 1. The average Bonchev–Trinajstić information content (AvgIpc) is 3.32. The summed E-state index contributed by atoms with van der Waals surface area (Å²) in [5, 5.41) is 0. The SMILES string of the molecule is Cc1cc2c(cc(C(=O)N3CCN(Cc4ccccc4)CC3)n2Cc2ccccc2)o1. The molecule has 4 aromatic rings. The molecular weight excluding hydrogens is 386 g/mol. The zero-order chi connectivity index (χ0) is 21.2. The summed E-state index contributed by atoms with van der Waals surface area (Å²) in [4.78, 5) is 17.9. The minimum absolute atomic E-state index is 0.0827. The second-order valence-electron chi connectivity index (χ2n) is 8.26. The highest BCUT2D eigenvalue weighted by Crippen LogP contribution is 2.26. The summed E-state index contributed by atoms with van der Waals surface area (Å²) >= 11 is 0. The molecule has 5 heteroatoms. The van der Waals surface area contributed by atoms with Crippen molar-refractivity contribution in [2.45, 2.75) is 20.0 Å². The lowest BCUT2D eigenvalue weighted by atomic mass is 10.2. The zero-order valence-electron chi connectivity index (χ0n) is 17.8. The standard InChI is InChI=1S/C26H27N3O2/c1-20-16-23-25(31-20)17-24(29(23)19-22-10-6-3-7-11-22)26(30)28-14-12-27(13-15-28)18-21-8-4-2-5-9-21/h2-11,16-17H,12-15,18-19H2,1H3. The van der Waals surface area contributed by atoms with Gasteiger partial charge in [0.2, 0.25) is 0 Å². The number of hydrogen-bond acceptors (Lipinski definition) is 3. The molecule has 1 amide bonds. The summed E-state index contributed by atoms with van der Waals surface area (Å²) in [5.74, 6) is 0.944. The van der Waals surface area contributed by atoms with Crippen molar-refractivity contribution in [3.8, 4) is 0 Å². The summed E-state index contributed by atoms with van der Waals surface area (Å²) in [5.41, 5.74) is 4.94. The predicted molar refractivity (Wildman–Crippen MR) is 122 cm³/mol. The van der Waals surface area contributed by atoms with Crippen molar-refractivity contribution in [2.24, 2.45) is 0 Å². The van der Waals surface area contributed by atoms with Gasteiger partial charge in [-0.05, 0) is 18.1 Å². The van der Waals surface area contributed by atoms with Crippen molar-refractivity contribution in [1.82, 2.24) is 14.4 Å². The number of carbonyl (C=O) groups excluding carboxylic acids is 1. The number of fused-ring (bicyclic) bond motifs is 1. The quantitative estimate of drug-likeness (QED) is 0.482. The van der Waals surface area contributed by atoms with Crippen LogP contribution in [-0.4, -0.2) is 46.5 Å². The molecule has 0 aliphatic carbocycles. The van der Waals surface area contributed by atoms with Crippen LogP contribution in [-0.2, 0) is 13.1 Å². The first-order valence-corrected chi connectivity index (χ1v) is 10.9. The molecule has 2 aromatic heterocycles. The van der Waals surface area contributed by atoms with E-state index in [1.54, 1.807) is 0 Å². The number of carbonyl (C=O) groups is 1. The molecule has 1 aliphatic heterocycles. The van der Waals surface area contributed by atoms with Crippen LogP contribution in [0, 0.1) is 6.92 Å². The van der Waals surface area contributed by atoms with Gasteiger partial charge in [0.25, 0.3) is 5.91 Å². The Hall–Kier alpha value is -3.31. The van der Waals surface area contributed by atoms with Gasteiger partial charge in [-0.25, -0.2) is 0 Å². The smallest absolute Gasteiger partial charge is 0.270 e. The molecule has 31 heavy (non-hydrogen) atoms. The Balaban J connectivity index is 1.34. The molecule has 2 aromatic carbocycles. The molecule has 5 nitrogen and oxygen atoms in total. The Kier molecular flexibility index (Phi) is 5.35. The fraction of sp³-hybridized carbons (Fsp3) is 0.269. The first-order chi connectivity index (χ1) is 15.2. The summed E-state index contributed by atoms with van der Waals surface area (Å²) in [6.07, 6.45) is 0. The number of nitrogens with zero attached hydrogens (tertiary/aromatic N) is 3. The Morgan fingerprint density at radius 3 is 2.10 bits per heavy atom. The van der Waals surface area contributed by atoms with Gasteiger partial charge in [-0.2, -0.15) is 0 Å². The maximum atomic E-state index is 13.5. The normalized spacial score (nSPS) is 14.9. The lowest BCUT2D eigenvalue weighted by Gasteiger charge is -2.35. The highest BCUT2D eigenvalue weighted by atomic mass is 16.3. The average molecular weight is 414 g/mol. The number of amides is 1. The first kappa shape index (κ1) is 19.6. The fourth-order valence-electron chi connectivity index (χ4n) is 4.39. The highest BCUT2D eigenvalue weighted by molar-refractivity contribution is 5.97. The van der Waals surface area contributed by atoms with Crippen LogP contribution in [0.4, 0.5) is 0 Å². The Morgan fingerprint density at radius 1 is 0.839 bits per heavy atom. The minimum Gasteiger partial charge on any atom is -0.460 e. The summed E-state index contributed by atoms with van der Waals surface area (Å²) in [7, 11) is 0. The second kappa shape index (κ2) is 8.44. The molecule has 0 unspecified atom stereocenters. The van der Waals surface area contributed by atoms with Gasteiger partial charge in [0.05, 0.1) is 5.52 Å². The first-order valence-electron chi connectivity index (χ1n) is 10.9. The Bertz CT molecular complexity index is 1170. The van der Waals surface area contributed by atoms with Gasteiger partial charge in [0.15, 0.2) is 5.58 Å². The number of hydrogen-bond donors (Lipinski definition) is 0.